The molecule has 0 amide bonds. The van der Waals surface area contributed by atoms with Gasteiger partial charge in [-0.05, 0) is 24.5 Å². The van der Waals surface area contributed by atoms with Gasteiger partial charge >= 0.3 is 0 Å². The van der Waals surface area contributed by atoms with E-state index in [2.05, 4.69) is 9.88 Å². The predicted molar refractivity (Wildman–Crippen MR) is 114 cm³/mol. The number of para-hydroxylation sites is 1. The second kappa shape index (κ2) is 7.64. The number of aromatic nitrogens is 1. The van der Waals surface area contributed by atoms with Gasteiger partial charge in [0.15, 0.2) is 5.78 Å². The number of thiocarbonyl (C=S) groups is 1. The largest absolute Gasteiger partial charge is 0.358 e. The molecule has 0 radical (unpaired) electrons. The van der Waals surface area contributed by atoms with Gasteiger partial charge < -0.3 is 9.88 Å². The minimum atomic E-state index is 0.118. The monoisotopic (exact) mass is 380 g/mol. The third-order valence-corrected chi connectivity index (χ3v) is 6.26. The van der Waals surface area contributed by atoms with Crippen molar-refractivity contribution >= 4 is 45.0 Å². The van der Waals surface area contributed by atoms with Gasteiger partial charge in [-0.15, -0.1) is 0 Å². The number of thioether (sulfide) groups is 1. The first-order valence-electron chi connectivity index (χ1n) is 8.85. The average molecular weight is 381 g/mol. The molecule has 1 saturated heterocycles. The van der Waals surface area contributed by atoms with Crippen LogP contribution in [0.1, 0.15) is 23.2 Å². The summed E-state index contributed by atoms with van der Waals surface area (Å²) < 4.78 is 0.844. The van der Waals surface area contributed by atoms with Crippen molar-refractivity contribution in [1.82, 2.24) is 9.88 Å². The van der Waals surface area contributed by atoms with Gasteiger partial charge in [-0.25, -0.2) is 0 Å². The average Bonchev–Trinajstić information content (AvgIpc) is 3.34. The lowest BCUT2D eigenvalue weighted by molar-refractivity contribution is 0.102. The summed E-state index contributed by atoms with van der Waals surface area (Å²) in [5.41, 5.74) is 3.68. The lowest BCUT2D eigenvalue weighted by Gasteiger charge is -2.17. The van der Waals surface area contributed by atoms with Gasteiger partial charge in [-0.1, -0.05) is 72.5 Å². The van der Waals surface area contributed by atoms with Crippen LogP contribution < -0.4 is 0 Å². The fourth-order valence-electron chi connectivity index (χ4n) is 3.44. The van der Waals surface area contributed by atoms with Gasteiger partial charge in [0.25, 0.3) is 0 Å². The molecule has 5 heteroatoms. The van der Waals surface area contributed by atoms with Crippen molar-refractivity contribution in [3.05, 3.63) is 60.2 Å². The highest BCUT2D eigenvalue weighted by Gasteiger charge is 2.21. The number of nitrogens with zero attached hydrogens (tertiary/aromatic N) is 1. The van der Waals surface area contributed by atoms with Crippen molar-refractivity contribution in [2.45, 2.75) is 12.8 Å². The number of carbonyl (C=O) groups excluding carboxylic acids is 1. The molecule has 4 rings (SSSR count). The number of likely N-dealkylation sites (tertiary alicyclic amines) is 1. The van der Waals surface area contributed by atoms with Crippen molar-refractivity contribution in [2.24, 2.45) is 0 Å². The minimum Gasteiger partial charge on any atom is -0.358 e. The molecule has 132 valence electrons. The zero-order valence-electron chi connectivity index (χ0n) is 14.4. The Bertz CT molecular complexity index is 943. The number of hydrogen-bond acceptors (Lipinski definition) is 3. The van der Waals surface area contributed by atoms with Crippen LogP contribution in [0.25, 0.3) is 22.2 Å². The highest BCUT2D eigenvalue weighted by molar-refractivity contribution is 8.23. The molecule has 1 N–H and O–H groups in total. The number of hydrogen-bond donors (Lipinski definition) is 1. The van der Waals surface area contributed by atoms with Crippen LogP contribution in [0.3, 0.4) is 0 Å². The van der Waals surface area contributed by atoms with E-state index in [9.17, 15) is 4.79 Å². The third kappa shape index (κ3) is 3.41. The normalized spacial score (nSPS) is 14.1. The quantitative estimate of drug-likeness (QED) is 0.503. The highest BCUT2D eigenvalue weighted by Crippen LogP contribution is 2.31. The summed E-state index contributed by atoms with van der Waals surface area (Å²) in [4.78, 5) is 18.8. The number of carbonyl (C=O) groups is 1. The maximum atomic E-state index is 13.1. The molecule has 0 unspecified atom stereocenters. The maximum Gasteiger partial charge on any atom is 0.175 e. The van der Waals surface area contributed by atoms with Crippen molar-refractivity contribution in [3.8, 4) is 11.3 Å². The lowest BCUT2D eigenvalue weighted by Crippen LogP contribution is -2.24. The molecule has 0 aliphatic carbocycles. The molecule has 0 spiro atoms. The van der Waals surface area contributed by atoms with Crippen molar-refractivity contribution in [3.63, 3.8) is 0 Å². The molecule has 1 aromatic heterocycles. The molecular formula is C21H20N2OS2. The van der Waals surface area contributed by atoms with Gasteiger partial charge in [0.05, 0.1) is 17.0 Å². The number of nitrogens with one attached hydrogen (secondary N) is 1. The van der Waals surface area contributed by atoms with E-state index >= 15 is 0 Å². The Kier molecular flexibility index (Phi) is 5.09. The molecule has 1 fully saturated rings. The molecule has 3 nitrogen and oxygen atoms in total. The summed E-state index contributed by atoms with van der Waals surface area (Å²) >= 11 is 7.00. The van der Waals surface area contributed by atoms with E-state index in [1.807, 2.05) is 54.6 Å². The molecule has 0 bridgehead atoms. The van der Waals surface area contributed by atoms with Crippen LogP contribution in [0, 0.1) is 0 Å². The smallest absolute Gasteiger partial charge is 0.175 e. The lowest BCUT2D eigenvalue weighted by atomic mass is 10.0. The molecule has 0 atom stereocenters. The van der Waals surface area contributed by atoms with E-state index in [0.717, 1.165) is 45.1 Å². The van der Waals surface area contributed by atoms with Crippen LogP contribution in [0.5, 0.6) is 0 Å². The number of ketones is 1. The van der Waals surface area contributed by atoms with Crippen LogP contribution in [0.2, 0.25) is 0 Å². The van der Waals surface area contributed by atoms with E-state index in [1.165, 1.54) is 24.6 Å². The summed E-state index contributed by atoms with van der Waals surface area (Å²) in [6, 6.07) is 18.0. The van der Waals surface area contributed by atoms with Crippen LogP contribution in [-0.4, -0.2) is 38.8 Å². The topological polar surface area (TPSA) is 36.1 Å². The molecule has 1 aliphatic heterocycles. The van der Waals surface area contributed by atoms with E-state index in [0.29, 0.717) is 5.75 Å². The summed E-state index contributed by atoms with van der Waals surface area (Å²) in [7, 11) is 0. The van der Waals surface area contributed by atoms with Gasteiger partial charge in [-0.2, -0.15) is 0 Å². The number of aromatic amines is 1. The third-order valence-electron chi connectivity index (χ3n) is 4.74. The summed E-state index contributed by atoms with van der Waals surface area (Å²) in [5.74, 6) is 0.490. The first kappa shape index (κ1) is 17.3. The summed E-state index contributed by atoms with van der Waals surface area (Å²) in [6.07, 6.45) is 2.38. The Balaban J connectivity index is 1.64. The first-order chi connectivity index (χ1) is 12.7. The minimum absolute atomic E-state index is 0.118. The van der Waals surface area contributed by atoms with Gasteiger partial charge in [-0.3, -0.25) is 4.79 Å². The van der Waals surface area contributed by atoms with Crippen LogP contribution in [0.4, 0.5) is 0 Å². The Hall–Kier alpha value is -2.11. The molecule has 1 aliphatic rings. The zero-order chi connectivity index (χ0) is 17.9. The van der Waals surface area contributed by atoms with Gasteiger partial charge in [0.2, 0.25) is 0 Å². The summed E-state index contributed by atoms with van der Waals surface area (Å²) in [5, 5.41) is 0.976. The molecule has 26 heavy (non-hydrogen) atoms. The van der Waals surface area contributed by atoms with Crippen molar-refractivity contribution in [1.29, 1.82) is 0 Å². The molecule has 2 aromatic carbocycles. The SMILES string of the molecule is O=C(CSC(=S)N1CCCC1)c1c(-c2ccccc2)[nH]c2ccccc12. The summed E-state index contributed by atoms with van der Waals surface area (Å²) in [6.45, 7) is 2.03. The Labute approximate surface area is 162 Å². The van der Waals surface area contributed by atoms with E-state index in [4.69, 9.17) is 12.2 Å². The molecule has 3 aromatic rings. The Morgan fingerprint density at radius 3 is 2.50 bits per heavy atom. The number of Topliss-reactive ketones (excluding diaryl/α,β-unsaturated/α-hetero) is 1. The fraction of sp³-hybridized carbons (Fsp3) is 0.238. The molecule has 0 saturated carbocycles. The number of H-pyrrole nitrogens is 1. The van der Waals surface area contributed by atoms with Gasteiger partial charge in [0.1, 0.15) is 4.32 Å². The van der Waals surface area contributed by atoms with Gasteiger partial charge in [0, 0.05) is 24.0 Å². The predicted octanol–water partition coefficient (Wildman–Crippen LogP) is 5.13. The zero-order valence-corrected chi connectivity index (χ0v) is 16.0. The number of rotatable bonds is 4. The van der Waals surface area contributed by atoms with E-state index in [1.54, 1.807) is 0 Å². The Morgan fingerprint density at radius 2 is 1.73 bits per heavy atom. The second-order valence-electron chi connectivity index (χ2n) is 6.46. The Morgan fingerprint density at radius 1 is 1.04 bits per heavy atom. The van der Waals surface area contributed by atoms with Crippen LogP contribution in [0.15, 0.2) is 54.6 Å². The fourth-order valence-corrected chi connectivity index (χ4v) is 4.57. The number of benzene rings is 2. The maximum absolute atomic E-state index is 13.1. The van der Waals surface area contributed by atoms with E-state index in [-0.39, 0.29) is 5.78 Å². The molecular weight excluding hydrogens is 360 g/mol. The highest BCUT2D eigenvalue weighted by atomic mass is 32.2. The van der Waals surface area contributed by atoms with Crippen molar-refractivity contribution in [2.75, 3.05) is 18.8 Å². The van der Waals surface area contributed by atoms with Crippen LogP contribution in [-0.2, 0) is 0 Å². The van der Waals surface area contributed by atoms with E-state index < -0.39 is 0 Å². The second-order valence-corrected chi connectivity index (χ2v) is 8.07. The van der Waals surface area contributed by atoms with Crippen molar-refractivity contribution < 1.29 is 4.79 Å². The standard InChI is InChI=1S/C21H20N2OS2/c24-18(14-26-21(25)23-12-6-7-13-23)19-16-10-4-5-11-17(16)22-20(19)15-8-2-1-3-9-15/h1-5,8-11,22H,6-7,12-14H2. The number of fused-ring (bicyclic) bond motifs is 1. The van der Waals surface area contributed by atoms with Crippen LogP contribution >= 0.6 is 24.0 Å². The molecule has 2 heterocycles. The first-order valence-corrected chi connectivity index (χ1v) is 10.2.